The highest BCUT2D eigenvalue weighted by atomic mass is 16.5. The molecular weight excluding hydrogens is 240 g/mol. The number of rotatable bonds is 9. The number of hydrogen-bond acceptors (Lipinski definition) is 3. The Labute approximate surface area is 117 Å². The van der Waals surface area contributed by atoms with Crippen LogP contribution in [0.5, 0.6) is 0 Å². The summed E-state index contributed by atoms with van der Waals surface area (Å²) < 4.78 is 4.89. The van der Waals surface area contributed by atoms with Crippen molar-refractivity contribution in [3.63, 3.8) is 0 Å². The van der Waals surface area contributed by atoms with Crippen LogP contribution in [0.25, 0.3) is 0 Å². The van der Waals surface area contributed by atoms with E-state index in [1.165, 1.54) is 0 Å². The Morgan fingerprint density at radius 2 is 1.95 bits per heavy atom. The number of unbranched alkanes of at least 4 members (excludes halogenated alkanes) is 3. The van der Waals surface area contributed by atoms with Gasteiger partial charge < -0.3 is 4.74 Å². The van der Waals surface area contributed by atoms with Crippen molar-refractivity contribution in [3.05, 3.63) is 0 Å². The van der Waals surface area contributed by atoms with Gasteiger partial charge in [-0.1, -0.05) is 32.6 Å². The fourth-order valence-corrected chi connectivity index (χ4v) is 3.08. The molecule has 0 radical (unpaired) electrons. The largest absolute Gasteiger partial charge is 0.466 e. The van der Waals surface area contributed by atoms with E-state index in [1.54, 1.807) is 0 Å². The van der Waals surface area contributed by atoms with Crippen LogP contribution in [-0.2, 0) is 14.3 Å². The van der Waals surface area contributed by atoms with Crippen molar-refractivity contribution in [2.75, 3.05) is 6.61 Å². The molecule has 0 saturated heterocycles. The first-order valence-corrected chi connectivity index (χ1v) is 7.87. The predicted molar refractivity (Wildman–Crippen MR) is 75.8 cm³/mol. The molecule has 110 valence electrons. The fourth-order valence-electron chi connectivity index (χ4n) is 3.08. The Morgan fingerprint density at radius 1 is 1.21 bits per heavy atom. The van der Waals surface area contributed by atoms with E-state index in [4.69, 9.17) is 4.74 Å². The van der Waals surface area contributed by atoms with Gasteiger partial charge in [-0.05, 0) is 32.1 Å². The van der Waals surface area contributed by atoms with Crippen molar-refractivity contribution in [3.8, 4) is 0 Å². The van der Waals surface area contributed by atoms with Crippen molar-refractivity contribution in [2.45, 2.75) is 71.6 Å². The predicted octanol–water partition coefficient (Wildman–Crippen LogP) is 3.90. The van der Waals surface area contributed by atoms with Crippen molar-refractivity contribution >= 4 is 11.8 Å². The molecule has 1 fully saturated rings. The number of carbonyl (C=O) groups excluding carboxylic acids is 2. The maximum atomic E-state index is 11.8. The molecule has 0 aromatic heterocycles. The van der Waals surface area contributed by atoms with E-state index in [-0.39, 0.29) is 5.97 Å². The molecule has 19 heavy (non-hydrogen) atoms. The van der Waals surface area contributed by atoms with Gasteiger partial charge in [-0.15, -0.1) is 0 Å². The van der Waals surface area contributed by atoms with Crippen molar-refractivity contribution in [1.29, 1.82) is 0 Å². The SMILES string of the molecule is CCOC(=O)CCCCCC[C@@H]1C(=O)CC[C@H]1CC. The summed E-state index contributed by atoms with van der Waals surface area (Å²) >= 11 is 0. The van der Waals surface area contributed by atoms with Crippen LogP contribution >= 0.6 is 0 Å². The molecule has 0 amide bonds. The second-order valence-corrected chi connectivity index (χ2v) is 5.54. The van der Waals surface area contributed by atoms with Crippen LogP contribution in [0.15, 0.2) is 0 Å². The van der Waals surface area contributed by atoms with Crippen LogP contribution in [0.1, 0.15) is 71.6 Å². The molecule has 0 aromatic rings. The van der Waals surface area contributed by atoms with Crippen molar-refractivity contribution in [1.82, 2.24) is 0 Å². The molecule has 1 aliphatic rings. The summed E-state index contributed by atoms with van der Waals surface area (Å²) in [6, 6.07) is 0. The van der Waals surface area contributed by atoms with Crippen molar-refractivity contribution < 1.29 is 14.3 Å². The smallest absolute Gasteiger partial charge is 0.305 e. The van der Waals surface area contributed by atoms with Gasteiger partial charge >= 0.3 is 5.97 Å². The summed E-state index contributed by atoms with van der Waals surface area (Å²) in [5.41, 5.74) is 0. The van der Waals surface area contributed by atoms with E-state index in [0.29, 0.717) is 30.6 Å². The van der Waals surface area contributed by atoms with E-state index in [2.05, 4.69) is 6.92 Å². The molecule has 0 N–H and O–H groups in total. The topological polar surface area (TPSA) is 43.4 Å². The third-order valence-corrected chi connectivity index (χ3v) is 4.22. The number of carbonyl (C=O) groups is 2. The summed E-state index contributed by atoms with van der Waals surface area (Å²) in [5, 5.41) is 0. The molecule has 1 rings (SSSR count). The Morgan fingerprint density at radius 3 is 2.63 bits per heavy atom. The van der Waals surface area contributed by atoms with E-state index in [1.807, 2.05) is 6.92 Å². The zero-order chi connectivity index (χ0) is 14.1. The first-order chi connectivity index (χ1) is 9.19. The molecule has 0 aliphatic heterocycles. The summed E-state index contributed by atoms with van der Waals surface area (Å²) in [4.78, 5) is 22.9. The van der Waals surface area contributed by atoms with Gasteiger partial charge in [-0.25, -0.2) is 0 Å². The van der Waals surface area contributed by atoms with E-state index >= 15 is 0 Å². The fraction of sp³-hybridized carbons (Fsp3) is 0.875. The summed E-state index contributed by atoms with van der Waals surface area (Å²) in [6.07, 6.45) is 8.85. The minimum absolute atomic E-state index is 0.0838. The second kappa shape index (κ2) is 9.11. The molecule has 3 nitrogen and oxygen atoms in total. The van der Waals surface area contributed by atoms with E-state index < -0.39 is 0 Å². The molecule has 0 bridgehead atoms. The quantitative estimate of drug-likeness (QED) is 0.470. The lowest BCUT2D eigenvalue weighted by atomic mass is 9.88. The van der Waals surface area contributed by atoms with E-state index in [0.717, 1.165) is 51.4 Å². The Bertz CT molecular complexity index is 286. The minimum atomic E-state index is -0.0838. The van der Waals surface area contributed by atoms with Crippen LogP contribution < -0.4 is 0 Å². The molecule has 0 spiro atoms. The van der Waals surface area contributed by atoms with Gasteiger partial charge in [0.1, 0.15) is 5.78 Å². The van der Waals surface area contributed by atoms with Gasteiger partial charge in [0, 0.05) is 18.8 Å². The Balaban J connectivity index is 2.04. The second-order valence-electron chi connectivity index (χ2n) is 5.54. The zero-order valence-corrected chi connectivity index (χ0v) is 12.5. The van der Waals surface area contributed by atoms with Gasteiger partial charge in [0.15, 0.2) is 0 Å². The lowest BCUT2D eigenvalue weighted by molar-refractivity contribution is -0.143. The lowest BCUT2D eigenvalue weighted by Gasteiger charge is -2.16. The number of Topliss-reactive ketones (excluding diaryl/α,β-unsaturated/α-hetero) is 1. The van der Waals surface area contributed by atoms with Gasteiger partial charge in [0.05, 0.1) is 6.61 Å². The number of ether oxygens (including phenoxy) is 1. The average molecular weight is 268 g/mol. The number of ketones is 1. The molecule has 1 aliphatic carbocycles. The molecular formula is C16H28O3. The lowest BCUT2D eigenvalue weighted by Crippen LogP contribution is -2.14. The zero-order valence-electron chi connectivity index (χ0n) is 12.5. The first kappa shape index (κ1) is 16.2. The molecule has 0 aromatic carbocycles. The van der Waals surface area contributed by atoms with Crippen LogP contribution in [-0.4, -0.2) is 18.4 Å². The molecule has 2 atom stereocenters. The Kier molecular flexibility index (Phi) is 7.76. The third kappa shape index (κ3) is 5.75. The van der Waals surface area contributed by atoms with Crippen LogP contribution in [0, 0.1) is 11.8 Å². The van der Waals surface area contributed by atoms with Gasteiger partial charge in [0.25, 0.3) is 0 Å². The Hall–Kier alpha value is -0.860. The number of hydrogen-bond donors (Lipinski definition) is 0. The number of esters is 1. The van der Waals surface area contributed by atoms with Gasteiger partial charge in [0.2, 0.25) is 0 Å². The molecule has 3 heteroatoms. The highest BCUT2D eigenvalue weighted by Crippen LogP contribution is 2.34. The maximum absolute atomic E-state index is 11.8. The molecule has 0 heterocycles. The highest BCUT2D eigenvalue weighted by Gasteiger charge is 2.32. The third-order valence-electron chi connectivity index (χ3n) is 4.22. The normalized spacial score (nSPS) is 22.7. The van der Waals surface area contributed by atoms with Crippen LogP contribution in [0.3, 0.4) is 0 Å². The summed E-state index contributed by atoms with van der Waals surface area (Å²) in [6.45, 7) is 4.50. The first-order valence-electron chi connectivity index (χ1n) is 7.87. The summed E-state index contributed by atoms with van der Waals surface area (Å²) in [7, 11) is 0. The monoisotopic (exact) mass is 268 g/mol. The van der Waals surface area contributed by atoms with Crippen molar-refractivity contribution in [2.24, 2.45) is 11.8 Å². The molecule has 0 unspecified atom stereocenters. The average Bonchev–Trinajstić information content (AvgIpc) is 2.75. The molecule has 1 saturated carbocycles. The maximum Gasteiger partial charge on any atom is 0.305 e. The van der Waals surface area contributed by atoms with Crippen LogP contribution in [0.4, 0.5) is 0 Å². The standard InChI is InChI=1S/C16H28O3/c1-3-13-11-12-15(17)14(13)9-7-5-6-8-10-16(18)19-4-2/h13-14H,3-12H2,1-2H3/t13-,14+/m1/s1. The van der Waals surface area contributed by atoms with Gasteiger partial charge in [-0.2, -0.15) is 0 Å². The van der Waals surface area contributed by atoms with E-state index in [9.17, 15) is 9.59 Å². The summed E-state index contributed by atoms with van der Waals surface area (Å²) in [5.74, 6) is 1.36. The highest BCUT2D eigenvalue weighted by molar-refractivity contribution is 5.83. The minimum Gasteiger partial charge on any atom is -0.466 e. The van der Waals surface area contributed by atoms with Gasteiger partial charge in [-0.3, -0.25) is 9.59 Å². The van der Waals surface area contributed by atoms with Crippen LogP contribution in [0.2, 0.25) is 0 Å².